The maximum Gasteiger partial charge on any atom is 0.261 e. The smallest absolute Gasteiger partial charge is 0.261 e. The van der Waals surface area contributed by atoms with Gasteiger partial charge in [0, 0.05) is 16.7 Å². The molecule has 0 unspecified atom stereocenters. The predicted molar refractivity (Wildman–Crippen MR) is 120 cm³/mol. The van der Waals surface area contributed by atoms with Gasteiger partial charge >= 0.3 is 0 Å². The molecule has 5 nitrogen and oxygen atoms in total. The monoisotopic (exact) mass is 534 g/mol. The van der Waals surface area contributed by atoms with Gasteiger partial charge in [0.1, 0.15) is 11.8 Å². The molecule has 1 N–H and O–H groups in total. The Morgan fingerprint density at radius 3 is 2.43 bits per heavy atom. The van der Waals surface area contributed by atoms with Crippen LogP contribution in [0.2, 0.25) is 10.0 Å². The van der Waals surface area contributed by atoms with Gasteiger partial charge in [-0.1, -0.05) is 29.3 Å². The quantitative estimate of drug-likeness (QED) is 0.506. The van der Waals surface area contributed by atoms with Crippen molar-refractivity contribution in [3.63, 3.8) is 0 Å². The van der Waals surface area contributed by atoms with Gasteiger partial charge in [-0.2, -0.15) is 0 Å². The van der Waals surface area contributed by atoms with Crippen LogP contribution in [0, 0.1) is 3.57 Å². The van der Waals surface area contributed by atoms with Crippen molar-refractivity contribution in [3.05, 3.63) is 61.6 Å². The number of halogens is 3. The molecule has 0 aliphatic rings. The summed E-state index contributed by atoms with van der Waals surface area (Å²) in [6, 6.07) is 11.9. The van der Waals surface area contributed by atoms with Gasteiger partial charge in [-0.05, 0) is 78.4 Å². The summed E-state index contributed by atoms with van der Waals surface area (Å²) in [5, 5.41) is 3.57. The first-order valence-electron chi connectivity index (χ1n) is 8.71. The summed E-state index contributed by atoms with van der Waals surface area (Å²) in [6.45, 7) is 4.04. The van der Waals surface area contributed by atoms with Crippen LogP contribution < -0.4 is 10.1 Å². The van der Waals surface area contributed by atoms with Crippen LogP contribution in [0.15, 0.2) is 42.5 Å². The van der Waals surface area contributed by atoms with E-state index >= 15 is 0 Å². The summed E-state index contributed by atoms with van der Waals surface area (Å²) >= 11 is 14.2. The fourth-order valence-electron chi connectivity index (χ4n) is 2.50. The van der Waals surface area contributed by atoms with Gasteiger partial charge in [0.2, 0.25) is 5.91 Å². The van der Waals surface area contributed by atoms with Crippen LogP contribution in [0.3, 0.4) is 0 Å². The van der Waals surface area contributed by atoms with Crippen molar-refractivity contribution in [1.29, 1.82) is 0 Å². The number of amides is 2. The average molecular weight is 535 g/mol. The Hall–Kier alpha value is -1.51. The molecule has 0 aromatic heterocycles. The Kier molecular flexibility index (Phi) is 8.85. The van der Waals surface area contributed by atoms with E-state index < -0.39 is 6.04 Å². The van der Waals surface area contributed by atoms with Gasteiger partial charge in [0.15, 0.2) is 6.61 Å². The Morgan fingerprint density at radius 2 is 1.82 bits per heavy atom. The molecule has 0 aliphatic heterocycles. The van der Waals surface area contributed by atoms with Crippen LogP contribution in [0.5, 0.6) is 5.75 Å². The second kappa shape index (κ2) is 10.9. The van der Waals surface area contributed by atoms with E-state index in [1.54, 1.807) is 37.3 Å². The lowest BCUT2D eigenvalue weighted by molar-refractivity contribution is -0.142. The second-order valence-electron chi connectivity index (χ2n) is 6.08. The van der Waals surface area contributed by atoms with Crippen molar-refractivity contribution in [2.75, 3.05) is 13.2 Å². The standard InChI is InChI=1S/C20H21Cl2IN2O3/c1-3-24-20(27)13(2)25(11-14-4-9-17(21)18(22)10-14)19(26)12-28-16-7-5-15(23)6-8-16/h4-10,13H,3,11-12H2,1-2H3,(H,24,27)/t13-/m1/s1. The molecule has 2 amide bonds. The first-order valence-corrected chi connectivity index (χ1v) is 10.5. The molecule has 1 atom stereocenters. The summed E-state index contributed by atoms with van der Waals surface area (Å²) < 4.78 is 6.67. The number of nitrogens with one attached hydrogen (secondary N) is 1. The van der Waals surface area contributed by atoms with E-state index in [0.717, 1.165) is 9.13 Å². The Balaban J connectivity index is 2.15. The molecule has 0 radical (unpaired) electrons. The highest BCUT2D eigenvalue weighted by molar-refractivity contribution is 14.1. The van der Waals surface area contributed by atoms with E-state index in [1.165, 1.54) is 4.90 Å². The van der Waals surface area contributed by atoms with E-state index in [-0.39, 0.29) is 25.0 Å². The minimum Gasteiger partial charge on any atom is -0.484 e. The highest BCUT2D eigenvalue weighted by atomic mass is 127. The lowest BCUT2D eigenvalue weighted by Crippen LogP contribution is -2.49. The van der Waals surface area contributed by atoms with Gasteiger partial charge in [0.05, 0.1) is 10.0 Å². The number of likely N-dealkylation sites (N-methyl/N-ethyl adjacent to an activating group) is 1. The zero-order valence-electron chi connectivity index (χ0n) is 15.5. The number of carbonyl (C=O) groups is 2. The first kappa shape index (κ1) is 22.8. The zero-order valence-corrected chi connectivity index (χ0v) is 19.2. The number of carbonyl (C=O) groups excluding carboxylic acids is 2. The normalized spacial score (nSPS) is 11.6. The lowest BCUT2D eigenvalue weighted by atomic mass is 10.1. The van der Waals surface area contributed by atoms with Crippen molar-refractivity contribution in [1.82, 2.24) is 10.2 Å². The van der Waals surface area contributed by atoms with Crippen molar-refractivity contribution >= 4 is 57.6 Å². The molecule has 2 aromatic rings. The molecular formula is C20H21Cl2IN2O3. The molecule has 28 heavy (non-hydrogen) atoms. The summed E-state index contributed by atoms with van der Waals surface area (Å²) in [5.41, 5.74) is 0.771. The number of ether oxygens (including phenoxy) is 1. The molecule has 0 bridgehead atoms. The van der Waals surface area contributed by atoms with E-state index in [1.807, 2.05) is 19.1 Å². The lowest BCUT2D eigenvalue weighted by Gasteiger charge is -2.28. The summed E-state index contributed by atoms with van der Waals surface area (Å²) in [4.78, 5) is 26.6. The molecule has 0 saturated heterocycles. The Labute approximate surface area is 188 Å². The minimum atomic E-state index is -0.665. The van der Waals surface area contributed by atoms with Crippen molar-refractivity contribution < 1.29 is 14.3 Å². The maximum atomic E-state index is 12.9. The molecule has 2 rings (SSSR count). The molecule has 0 heterocycles. The Bertz CT molecular complexity index is 831. The number of rotatable bonds is 8. The fraction of sp³-hybridized carbons (Fsp3) is 0.300. The number of hydrogen-bond acceptors (Lipinski definition) is 3. The number of benzene rings is 2. The third-order valence-electron chi connectivity index (χ3n) is 4.03. The topological polar surface area (TPSA) is 58.6 Å². The van der Waals surface area contributed by atoms with Crippen LogP contribution in [0.4, 0.5) is 0 Å². The average Bonchev–Trinajstić information content (AvgIpc) is 2.67. The van der Waals surface area contributed by atoms with Crippen molar-refractivity contribution in [2.24, 2.45) is 0 Å². The fourth-order valence-corrected chi connectivity index (χ4v) is 3.18. The van der Waals surface area contributed by atoms with Gasteiger partial charge < -0.3 is 15.0 Å². The highest BCUT2D eigenvalue weighted by Gasteiger charge is 2.26. The van der Waals surface area contributed by atoms with Gasteiger partial charge in [-0.15, -0.1) is 0 Å². The zero-order chi connectivity index (χ0) is 20.7. The summed E-state index contributed by atoms with van der Waals surface area (Å²) in [6.07, 6.45) is 0. The molecule has 0 spiro atoms. The molecule has 8 heteroatoms. The van der Waals surface area contributed by atoms with Crippen molar-refractivity contribution in [3.8, 4) is 5.75 Å². The van der Waals surface area contributed by atoms with Gasteiger partial charge in [-0.3, -0.25) is 9.59 Å². The molecule has 0 fully saturated rings. The van der Waals surface area contributed by atoms with Crippen LogP contribution >= 0.6 is 45.8 Å². The largest absolute Gasteiger partial charge is 0.484 e. The highest BCUT2D eigenvalue weighted by Crippen LogP contribution is 2.24. The third-order valence-corrected chi connectivity index (χ3v) is 5.49. The van der Waals surface area contributed by atoms with Crippen LogP contribution in [0.25, 0.3) is 0 Å². The van der Waals surface area contributed by atoms with Crippen LogP contribution in [0.1, 0.15) is 19.4 Å². The van der Waals surface area contributed by atoms with E-state index in [9.17, 15) is 9.59 Å². The van der Waals surface area contributed by atoms with E-state index in [4.69, 9.17) is 27.9 Å². The number of nitrogens with zero attached hydrogens (tertiary/aromatic N) is 1. The number of hydrogen-bond donors (Lipinski definition) is 1. The van der Waals surface area contributed by atoms with Crippen LogP contribution in [-0.2, 0) is 16.1 Å². The summed E-state index contributed by atoms with van der Waals surface area (Å²) in [5.74, 6) is 0.0578. The van der Waals surface area contributed by atoms with E-state index in [2.05, 4.69) is 27.9 Å². The molecule has 0 aliphatic carbocycles. The molecular weight excluding hydrogens is 514 g/mol. The van der Waals surface area contributed by atoms with Gasteiger partial charge in [0.25, 0.3) is 5.91 Å². The molecule has 2 aromatic carbocycles. The SMILES string of the molecule is CCNC(=O)[C@@H](C)N(Cc1ccc(Cl)c(Cl)c1)C(=O)COc1ccc(I)cc1. The summed E-state index contributed by atoms with van der Waals surface area (Å²) in [7, 11) is 0. The molecule has 0 saturated carbocycles. The predicted octanol–water partition coefficient (Wildman–Crippen LogP) is 4.53. The first-order chi connectivity index (χ1) is 13.3. The van der Waals surface area contributed by atoms with E-state index in [0.29, 0.717) is 22.3 Å². The Morgan fingerprint density at radius 1 is 1.14 bits per heavy atom. The third kappa shape index (κ3) is 6.53. The molecule has 150 valence electrons. The van der Waals surface area contributed by atoms with Gasteiger partial charge in [-0.25, -0.2) is 0 Å². The minimum absolute atomic E-state index is 0.175. The maximum absolute atomic E-state index is 12.9. The second-order valence-corrected chi connectivity index (χ2v) is 8.14. The van der Waals surface area contributed by atoms with Crippen molar-refractivity contribution in [2.45, 2.75) is 26.4 Å². The van der Waals surface area contributed by atoms with Crippen LogP contribution in [-0.4, -0.2) is 35.9 Å².